The Morgan fingerprint density at radius 3 is 2.42 bits per heavy atom. The van der Waals surface area contributed by atoms with E-state index >= 15 is 0 Å². The summed E-state index contributed by atoms with van der Waals surface area (Å²) in [6.45, 7) is 0. The average Bonchev–Trinajstić information content (AvgIpc) is 2.57. The third-order valence-electron chi connectivity index (χ3n) is 3.43. The van der Waals surface area contributed by atoms with Gasteiger partial charge in [-0.3, -0.25) is 9.00 Å². The zero-order valence-corrected chi connectivity index (χ0v) is 13.9. The molecule has 0 radical (unpaired) electrons. The molecule has 1 aromatic carbocycles. The van der Waals surface area contributed by atoms with Gasteiger partial charge in [-0.2, -0.15) is 5.10 Å². The van der Waals surface area contributed by atoms with E-state index in [1.165, 1.54) is 17.0 Å². The maximum Gasteiger partial charge on any atom is 0.266 e. The topological polar surface area (TPSA) is 104 Å². The Balaban J connectivity index is 2.39. The second-order valence-electron chi connectivity index (χ2n) is 5.11. The first-order valence-electron chi connectivity index (χ1n) is 7.08. The molecule has 2 N–H and O–H groups in total. The van der Waals surface area contributed by atoms with Crippen molar-refractivity contribution in [3.05, 3.63) is 52.8 Å². The van der Waals surface area contributed by atoms with Crippen molar-refractivity contribution in [1.29, 1.82) is 0 Å². The summed E-state index contributed by atoms with van der Waals surface area (Å²) >= 11 is 0. The first-order valence-corrected chi connectivity index (χ1v) is 8.64. The first kappa shape index (κ1) is 16.0. The van der Waals surface area contributed by atoms with Crippen molar-refractivity contribution in [2.75, 3.05) is 12.0 Å². The van der Waals surface area contributed by atoms with Crippen molar-refractivity contribution < 1.29 is 4.21 Å². The highest BCUT2D eigenvalue weighted by atomic mass is 32.2. The van der Waals surface area contributed by atoms with Crippen LogP contribution in [0.3, 0.4) is 0 Å². The fourth-order valence-corrected chi connectivity index (χ4v) is 3.05. The fraction of sp³-hybridized carbons (Fsp3) is 0.125. The van der Waals surface area contributed by atoms with E-state index in [9.17, 15) is 9.00 Å². The molecule has 0 saturated carbocycles. The molecule has 0 saturated heterocycles. The fourth-order valence-electron chi connectivity index (χ4n) is 2.34. The lowest BCUT2D eigenvalue weighted by Gasteiger charge is -2.13. The molecule has 2 aromatic heterocycles. The third kappa shape index (κ3) is 2.95. The quantitative estimate of drug-likeness (QED) is 0.719. The molecule has 0 spiro atoms. The van der Waals surface area contributed by atoms with Gasteiger partial charge in [-0.15, -0.1) is 0 Å². The minimum Gasteiger partial charge on any atom is -0.368 e. The van der Waals surface area contributed by atoms with Crippen LogP contribution < -0.4 is 11.3 Å². The van der Waals surface area contributed by atoms with E-state index in [1.54, 1.807) is 13.1 Å². The highest BCUT2D eigenvalue weighted by Gasteiger charge is 2.20. The molecule has 2 heterocycles. The van der Waals surface area contributed by atoms with Crippen molar-refractivity contribution in [3.63, 3.8) is 0 Å². The summed E-state index contributed by atoms with van der Waals surface area (Å²) in [6, 6.07) is 12.3. The van der Waals surface area contributed by atoms with Crippen LogP contribution in [-0.4, -0.2) is 30.2 Å². The van der Waals surface area contributed by atoms with Gasteiger partial charge in [-0.25, -0.2) is 14.6 Å². The summed E-state index contributed by atoms with van der Waals surface area (Å²) < 4.78 is 13.4. The molecule has 3 rings (SSSR count). The van der Waals surface area contributed by atoms with Crippen LogP contribution in [-0.2, 0) is 17.8 Å². The number of aromatic nitrogens is 4. The Morgan fingerprint density at radius 2 is 1.79 bits per heavy atom. The van der Waals surface area contributed by atoms with E-state index in [-0.39, 0.29) is 16.5 Å². The SMILES string of the molecule is Cn1nc(-c2c(-c3ccccc3)nc(N)nc2S(C)=O)ccc1=O. The van der Waals surface area contributed by atoms with Crippen molar-refractivity contribution in [2.45, 2.75) is 5.03 Å². The highest BCUT2D eigenvalue weighted by Crippen LogP contribution is 2.33. The Hall–Kier alpha value is -2.87. The number of benzene rings is 1. The maximum absolute atomic E-state index is 12.2. The minimum absolute atomic E-state index is 0.0348. The van der Waals surface area contributed by atoms with Gasteiger partial charge in [0.25, 0.3) is 5.56 Å². The molecule has 0 aliphatic heterocycles. The largest absolute Gasteiger partial charge is 0.368 e. The molecule has 1 unspecified atom stereocenters. The van der Waals surface area contributed by atoms with Crippen molar-refractivity contribution in [1.82, 2.24) is 19.7 Å². The molecule has 1 atom stereocenters. The van der Waals surface area contributed by atoms with E-state index in [2.05, 4.69) is 15.1 Å². The number of anilines is 1. The summed E-state index contributed by atoms with van der Waals surface area (Å²) in [5.74, 6) is 0.0348. The number of aryl methyl sites for hydroxylation is 1. The van der Waals surface area contributed by atoms with E-state index in [0.29, 0.717) is 17.0 Å². The normalized spacial score (nSPS) is 12.1. The summed E-state index contributed by atoms with van der Waals surface area (Å²) in [7, 11) is 0.145. The van der Waals surface area contributed by atoms with Crippen molar-refractivity contribution in [2.24, 2.45) is 7.05 Å². The molecule has 0 fully saturated rings. The van der Waals surface area contributed by atoms with Crippen LogP contribution in [0.1, 0.15) is 0 Å². The average molecular weight is 341 g/mol. The van der Waals surface area contributed by atoms with Crippen molar-refractivity contribution in [3.8, 4) is 22.5 Å². The molecule has 24 heavy (non-hydrogen) atoms. The first-order chi connectivity index (χ1) is 11.5. The van der Waals surface area contributed by atoms with Gasteiger partial charge in [0.2, 0.25) is 5.95 Å². The van der Waals surface area contributed by atoms with Crippen LogP contribution in [0.4, 0.5) is 5.95 Å². The molecular weight excluding hydrogens is 326 g/mol. The second-order valence-corrected chi connectivity index (χ2v) is 6.41. The van der Waals surface area contributed by atoms with Gasteiger partial charge in [0.1, 0.15) is 5.03 Å². The maximum atomic E-state index is 12.2. The number of hydrogen-bond donors (Lipinski definition) is 1. The zero-order chi connectivity index (χ0) is 17.3. The standard InChI is InChI=1S/C16H15N5O2S/c1-21-12(22)9-8-11(20-21)13-14(10-6-4-3-5-7-10)18-16(17)19-15(13)24(2)23/h3-9H,1-2H3,(H2,17,18,19). The van der Waals surface area contributed by atoms with Gasteiger partial charge in [0.15, 0.2) is 0 Å². The number of nitrogens with two attached hydrogens (primary N) is 1. The smallest absolute Gasteiger partial charge is 0.266 e. The summed E-state index contributed by atoms with van der Waals surface area (Å²) in [4.78, 5) is 20.1. The lowest BCUT2D eigenvalue weighted by atomic mass is 10.0. The van der Waals surface area contributed by atoms with E-state index in [0.717, 1.165) is 5.56 Å². The van der Waals surface area contributed by atoms with Crippen LogP contribution in [0.2, 0.25) is 0 Å². The molecule has 0 aliphatic carbocycles. The van der Waals surface area contributed by atoms with Gasteiger partial charge in [0, 0.05) is 24.9 Å². The van der Waals surface area contributed by atoms with E-state index < -0.39 is 10.8 Å². The number of hydrogen-bond acceptors (Lipinski definition) is 6. The Labute approximate surface area is 140 Å². The zero-order valence-electron chi connectivity index (χ0n) is 13.1. The lowest BCUT2D eigenvalue weighted by molar-refractivity contribution is 0.683. The van der Waals surface area contributed by atoms with Crippen LogP contribution >= 0.6 is 0 Å². The van der Waals surface area contributed by atoms with Gasteiger partial charge < -0.3 is 5.73 Å². The summed E-state index contributed by atoms with van der Waals surface area (Å²) in [5.41, 5.74) is 7.85. The molecule has 8 heteroatoms. The number of nitrogen functional groups attached to an aromatic ring is 1. The van der Waals surface area contributed by atoms with Gasteiger partial charge in [0.05, 0.1) is 27.8 Å². The van der Waals surface area contributed by atoms with Crippen LogP contribution in [0, 0.1) is 0 Å². The molecule has 0 aliphatic rings. The minimum atomic E-state index is -1.41. The van der Waals surface area contributed by atoms with Gasteiger partial charge in [-0.05, 0) is 6.07 Å². The Kier molecular flexibility index (Phi) is 4.22. The number of nitrogens with zero attached hydrogens (tertiary/aromatic N) is 4. The van der Waals surface area contributed by atoms with Crippen LogP contribution in [0.15, 0.2) is 52.3 Å². The van der Waals surface area contributed by atoms with Gasteiger partial charge >= 0.3 is 0 Å². The molecule has 7 nitrogen and oxygen atoms in total. The highest BCUT2D eigenvalue weighted by molar-refractivity contribution is 7.84. The second kappa shape index (κ2) is 6.32. The summed E-state index contributed by atoms with van der Waals surface area (Å²) in [5, 5.41) is 4.54. The predicted octanol–water partition coefficient (Wildman–Crippen LogP) is 1.22. The van der Waals surface area contributed by atoms with Gasteiger partial charge in [-0.1, -0.05) is 30.3 Å². The van der Waals surface area contributed by atoms with Crippen LogP contribution in [0.5, 0.6) is 0 Å². The van der Waals surface area contributed by atoms with Crippen molar-refractivity contribution >= 4 is 16.7 Å². The van der Waals surface area contributed by atoms with E-state index in [4.69, 9.17) is 5.73 Å². The lowest BCUT2D eigenvalue weighted by Crippen LogP contribution is -2.19. The predicted molar refractivity (Wildman–Crippen MR) is 92.7 cm³/mol. The van der Waals surface area contributed by atoms with E-state index in [1.807, 2.05) is 30.3 Å². The van der Waals surface area contributed by atoms with Crippen LogP contribution in [0.25, 0.3) is 22.5 Å². The molecule has 0 bridgehead atoms. The Bertz CT molecular complexity index is 986. The Morgan fingerprint density at radius 1 is 1.08 bits per heavy atom. The third-order valence-corrected chi connectivity index (χ3v) is 4.27. The number of rotatable bonds is 3. The molecule has 122 valence electrons. The monoisotopic (exact) mass is 341 g/mol. The molecular formula is C16H15N5O2S. The molecule has 0 amide bonds. The summed E-state index contributed by atoms with van der Waals surface area (Å²) in [6.07, 6.45) is 1.52. The molecule has 3 aromatic rings.